The van der Waals surface area contributed by atoms with Crippen LogP contribution in [0.5, 0.6) is 0 Å². The Balaban J connectivity index is 1.10. The number of fused-ring (bicyclic) bond motifs is 1. The summed E-state index contributed by atoms with van der Waals surface area (Å²) in [6, 6.07) is 1.86. The first-order chi connectivity index (χ1) is 19.1. The molecule has 0 bridgehead atoms. The van der Waals surface area contributed by atoms with Gasteiger partial charge in [0.25, 0.3) is 0 Å². The Morgan fingerprint density at radius 3 is 2.49 bits per heavy atom. The number of carbonyl (C=O) groups is 1. The lowest BCUT2D eigenvalue weighted by Gasteiger charge is -2.39. The van der Waals surface area contributed by atoms with E-state index in [-0.39, 0.29) is 43.0 Å². The molecule has 13 nitrogen and oxygen atoms in total. The lowest BCUT2D eigenvalue weighted by Crippen LogP contribution is -2.54. The largest absolute Gasteiger partial charge is 0.394 e. The predicted molar refractivity (Wildman–Crippen MR) is 140 cm³/mol. The summed E-state index contributed by atoms with van der Waals surface area (Å²) in [7, 11) is 0. The van der Waals surface area contributed by atoms with Gasteiger partial charge in [-0.1, -0.05) is 5.92 Å². The molecule has 0 aromatic carbocycles. The van der Waals surface area contributed by atoms with Gasteiger partial charge in [0.2, 0.25) is 17.6 Å². The minimum Gasteiger partial charge on any atom is -0.394 e. The summed E-state index contributed by atoms with van der Waals surface area (Å²) in [5, 5.41) is 13.1. The summed E-state index contributed by atoms with van der Waals surface area (Å²) in [6.07, 6.45) is 5.77. The number of nitrogens with one attached hydrogen (secondary N) is 1. The molecule has 4 rings (SSSR count). The highest BCUT2D eigenvalue weighted by Gasteiger charge is 2.35. The molecule has 2 aromatic rings. The van der Waals surface area contributed by atoms with Crippen LogP contribution in [0.2, 0.25) is 5.28 Å². The number of aliphatic hydroxyl groups is 1. The second-order valence-electron chi connectivity index (χ2n) is 8.84. The second-order valence-corrected chi connectivity index (χ2v) is 9.18. The lowest BCUT2D eigenvalue weighted by atomic mass is 9.99. The third kappa shape index (κ3) is 8.23. The number of amides is 1. The molecule has 1 amide bonds. The van der Waals surface area contributed by atoms with Crippen LogP contribution in [0, 0.1) is 18.3 Å². The maximum absolute atomic E-state index is 12.5. The van der Waals surface area contributed by atoms with Crippen LogP contribution in [0.15, 0.2) is 12.3 Å². The molecule has 2 saturated heterocycles. The van der Waals surface area contributed by atoms with Gasteiger partial charge in [-0.15, -0.1) is 6.42 Å². The molecule has 4 heterocycles. The third-order valence-electron chi connectivity index (χ3n) is 6.09. The van der Waals surface area contributed by atoms with E-state index in [9.17, 15) is 9.90 Å². The van der Waals surface area contributed by atoms with Crippen molar-refractivity contribution in [2.45, 2.75) is 12.5 Å². The molecular weight excluding hydrogens is 534 g/mol. The van der Waals surface area contributed by atoms with Crippen LogP contribution in [0.1, 0.15) is 6.41 Å². The highest BCUT2D eigenvalue weighted by molar-refractivity contribution is 6.28. The first-order valence-electron chi connectivity index (χ1n) is 12.8. The van der Waals surface area contributed by atoms with Gasteiger partial charge in [0.05, 0.1) is 70.8 Å². The van der Waals surface area contributed by atoms with Crippen molar-refractivity contribution < 1.29 is 38.3 Å². The zero-order valence-electron chi connectivity index (χ0n) is 21.6. The number of rotatable bonds is 17. The number of hydrogen-bond acceptors (Lipinski definition) is 11. The Kier molecular flexibility index (Phi) is 11.6. The van der Waals surface area contributed by atoms with E-state index in [0.29, 0.717) is 77.3 Å². The molecule has 2 aliphatic rings. The SMILES string of the molecule is C#CCOCCOCCOCCOCCNC(=O)C1CN(c2nc(Cl)nc3c2ccn3C2OCC(CO)O2)C1. The molecule has 2 unspecified atom stereocenters. The maximum atomic E-state index is 12.5. The molecule has 0 aliphatic carbocycles. The van der Waals surface area contributed by atoms with Crippen LogP contribution in [-0.2, 0) is 33.2 Å². The molecule has 0 saturated carbocycles. The van der Waals surface area contributed by atoms with Crippen molar-refractivity contribution in [2.24, 2.45) is 5.92 Å². The Hall–Kier alpha value is -2.54. The molecule has 2 aliphatic heterocycles. The number of aliphatic hydroxyl groups excluding tert-OH is 1. The summed E-state index contributed by atoms with van der Waals surface area (Å²) < 4.78 is 34.4. The summed E-state index contributed by atoms with van der Waals surface area (Å²) in [5.41, 5.74) is 0.556. The number of ether oxygens (including phenoxy) is 6. The van der Waals surface area contributed by atoms with Gasteiger partial charge >= 0.3 is 0 Å². The average molecular weight is 568 g/mol. The van der Waals surface area contributed by atoms with E-state index in [1.807, 2.05) is 11.0 Å². The Labute approximate surface area is 231 Å². The molecule has 214 valence electrons. The van der Waals surface area contributed by atoms with E-state index in [2.05, 4.69) is 21.2 Å². The molecule has 14 heteroatoms. The van der Waals surface area contributed by atoms with E-state index in [1.54, 1.807) is 10.8 Å². The van der Waals surface area contributed by atoms with Crippen LogP contribution < -0.4 is 10.2 Å². The number of anilines is 1. The fourth-order valence-electron chi connectivity index (χ4n) is 4.08. The van der Waals surface area contributed by atoms with E-state index in [0.717, 1.165) is 5.39 Å². The summed E-state index contributed by atoms with van der Waals surface area (Å²) >= 11 is 6.21. The van der Waals surface area contributed by atoms with Gasteiger partial charge in [-0.05, 0) is 17.7 Å². The van der Waals surface area contributed by atoms with Crippen LogP contribution in [-0.4, -0.2) is 117 Å². The molecule has 2 N–H and O–H groups in total. The standard InChI is InChI=1S/C25H34ClN5O8/c1-2-6-34-8-10-36-12-13-37-11-9-35-7-4-27-23(33)18-14-30(15-18)21-20-3-5-31(22(20)29-24(26)28-21)25-38-17-19(16-32)39-25/h1,3,5,18-19,25,32H,4,6-17H2,(H,27,33). The van der Waals surface area contributed by atoms with Gasteiger partial charge in [-0.25, -0.2) is 0 Å². The van der Waals surface area contributed by atoms with Crippen molar-refractivity contribution in [1.82, 2.24) is 19.9 Å². The molecule has 39 heavy (non-hydrogen) atoms. The smallest absolute Gasteiger partial charge is 0.246 e. The first kappa shape index (κ1) is 29.4. The maximum Gasteiger partial charge on any atom is 0.246 e. The number of hydrogen-bond donors (Lipinski definition) is 2. The Morgan fingerprint density at radius 2 is 1.82 bits per heavy atom. The zero-order chi connectivity index (χ0) is 27.5. The minimum absolute atomic E-state index is 0.0359. The molecule has 2 atom stereocenters. The summed E-state index contributed by atoms with van der Waals surface area (Å²) in [4.78, 5) is 23.2. The minimum atomic E-state index is -0.702. The van der Waals surface area contributed by atoms with E-state index in [1.165, 1.54) is 0 Å². The van der Waals surface area contributed by atoms with Crippen molar-refractivity contribution in [3.8, 4) is 12.3 Å². The van der Waals surface area contributed by atoms with Crippen molar-refractivity contribution >= 4 is 34.4 Å². The lowest BCUT2D eigenvalue weighted by molar-refractivity contribution is -0.126. The van der Waals surface area contributed by atoms with Crippen molar-refractivity contribution in [3.63, 3.8) is 0 Å². The average Bonchev–Trinajstić information content (AvgIpc) is 3.55. The molecule has 0 radical (unpaired) electrons. The van der Waals surface area contributed by atoms with Crippen LogP contribution >= 0.6 is 11.6 Å². The van der Waals surface area contributed by atoms with Crippen molar-refractivity contribution in [2.75, 3.05) is 90.6 Å². The summed E-state index contributed by atoms with van der Waals surface area (Å²) in [5.74, 6) is 2.84. The molecule has 2 aromatic heterocycles. The van der Waals surface area contributed by atoms with Gasteiger partial charge in [-0.2, -0.15) is 9.97 Å². The Morgan fingerprint density at radius 1 is 1.13 bits per heavy atom. The zero-order valence-corrected chi connectivity index (χ0v) is 22.4. The fourth-order valence-corrected chi connectivity index (χ4v) is 4.24. The quantitative estimate of drug-likeness (QED) is 0.154. The van der Waals surface area contributed by atoms with Gasteiger partial charge in [0.15, 0.2) is 5.65 Å². The first-order valence-corrected chi connectivity index (χ1v) is 13.2. The van der Waals surface area contributed by atoms with Gasteiger partial charge in [0.1, 0.15) is 18.5 Å². The van der Waals surface area contributed by atoms with Gasteiger partial charge in [-0.3, -0.25) is 9.36 Å². The van der Waals surface area contributed by atoms with Crippen LogP contribution in [0.3, 0.4) is 0 Å². The fraction of sp³-hybridized carbons (Fsp3) is 0.640. The topological polar surface area (TPSA) is 139 Å². The number of halogens is 1. The Bertz CT molecular complexity index is 1110. The van der Waals surface area contributed by atoms with E-state index >= 15 is 0 Å². The van der Waals surface area contributed by atoms with Crippen molar-refractivity contribution in [3.05, 3.63) is 17.5 Å². The number of nitrogens with zero attached hydrogens (tertiary/aromatic N) is 4. The van der Waals surface area contributed by atoms with E-state index < -0.39 is 6.41 Å². The molecule has 0 spiro atoms. The molecular formula is C25H34ClN5O8. The van der Waals surface area contributed by atoms with E-state index in [4.69, 9.17) is 46.4 Å². The van der Waals surface area contributed by atoms with Crippen molar-refractivity contribution in [1.29, 1.82) is 0 Å². The summed E-state index contributed by atoms with van der Waals surface area (Å²) in [6.45, 7) is 5.03. The monoisotopic (exact) mass is 567 g/mol. The van der Waals surface area contributed by atoms with Crippen LogP contribution in [0.4, 0.5) is 5.82 Å². The highest BCUT2D eigenvalue weighted by Crippen LogP contribution is 2.34. The van der Waals surface area contributed by atoms with Crippen LogP contribution in [0.25, 0.3) is 11.0 Å². The van der Waals surface area contributed by atoms with Gasteiger partial charge in [0, 0.05) is 25.8 Å². The normalized spacial score (nSPS) is 19.4. The predicted octanol–water partition coefficient (Wildman–Crippen LogP) is 0.201. The highest BCUT2D eigenvalue weighted by atomic mass is 35.5. The van der Waals surface area contributed by atoms with Gasteiger partial charge < -0.3 is 43.7 Å². The second kappa shape index (κ2) is 15.3. The number of terminal acetylenes is 1. The number of aromatic nitrogens is 3. The number of carbonyl (C=O) groups excluding carboxylic acids is 1. The third-order valence-corrected chi connectivity index (χ3v) is 6.26. The molecule has 2 fully saturated rings.